The van der Waals surface area contributed by atoms with Gasteiger partial charge in [-0.1, -0.05) is 35.9 Å². The Morgan fingerprint density at radius 2 is 1.20 bits per heavy atom. The number of hydrogen-bond donors (Lipinski definition) is 1. The van der Waals surface area contributed by atoms with E-state index in [1.54, 1.807) is 60.7 Å². The van der Waals surface area contributed by atoms with Gasteiger partial charge in [0.1, 0.15) is 11.0 Å². The minimum Gasteiger partial charge on any atom is -0.504 e. The number of allylic oxidation sites excluding steroid dienone is 2. The fourth-order valence-electron chi connectivity index (χ4n) is 9.90. The number of anilines is 2. The summed E-state index contributed by atoms with van der Waals surface area (Å²) in [5.41, 5.74) is 6.49. The molecule has 2 aliphatic heterocycles. The number of oxazole rings is 2. The monoisotopic (exact) mass is 908 g/mol. The van der Waals surface area contributed by atoms with E-state index < -0.39 is 35.5 Å². The lowest BCUT2D eigenvalue weighted by atomic mass is 9.57. The molecule has 4 heterocycles. The second kappa shape index (κ2) is 13.7. The molecule has 2 aliphatic carbocycles. The Hall–Kier alpha value is -6.61. The van der Waals surface area contributed by atoms with Crippen molar-refractivity contribution in [1.29, 1.82) is 0 Å². The van der Waals surface area contributed by atoms with Crippen LogP contribution in [0, 0.1) is 33.2 Å². The number of amides is 4. The summed E-state index contributed by atoms with van der Waals surface area (Å²) in [6, 6.07) is 32.4. The molecule has 2 aromatic heterocycles. The molecule has 1 saturated carbocycles. The predicted octanol–water partition coefficient (Wildman–Crippen LogP) is 8.67. The number of carbonyl (C=O) groups excluding carboxylic acids is 4. The Morgan fingerprint density at radius 1 is 0.667 bits per heavy atom. The molecule has 1 N–H and O–H groups in total. The van der Waals surface area contributed by atoms with Gasteiger partial charge in [0.05, 0.1) is 45.7 Å². The number of rotatable bonds is 6. The second-order valence-corrected chi connectivity index (χ2v) is 16.8. The van der Waals surface area contributed by atoms with Crippen molar-refractivity contribution >= 4 is 79.8 Å². The Bertz CT molecular complexity index is 2920. The molecule has 5 aromatic carbocycles. The number of aromatic nitrogens is 2. The van der Waals surface area contributed by atoms with Gasteiger partial charge in [0.25, 0.3) is 0 Å². The van der Waals surface area contributed by atoms with Crippen LogP contribution in [-0.2, 0) is 19.2 Å². The Morgan fingerprint density at radius 3 is 1.75 bits per heavy atom. The molecule has 4 amide bonds. The van der Waals surface area contributed by atoms with E-state index in [-0.39, 0.29) is 41.5 Å². The first kappa shape index (κ1) is 36.5. The van der Waals surface area contributed by atoms with E-state index in [1.807, 2.05) is 77.2 Å². The van der Waals surface area contributed by atoms with Gasteiger partial charge in [-0.05, 0) is 132 Å². The fourth-order valence-corrected chi connectivity index (χ4v) is 10.5. The average Bonchev–Trinajstić information content (AvgIpc) is 4.03. The standard InChI is InChI=1S/C47H33IN4O8/c1-58-37-21-25(20-32(48)41(37)53)38-28-18-19-29-39(46(56)51(44(29)54)26-14-10-23(11-15-26)42-49-33-6-2-4-8-35(33)59-42)30(28)22-31-40(38)47(57)52(45(31)55)27-16-12-24(13-17-27)43-50-34-7-3-5-9-36(34)60-43/h2-18,20-21,29-31,38-40,53H,19,22H2,1H3/t29-,30+,31+,38-,39-,40+/m0/s1. The number of phenols is 1. The van der Waals surface area contributed by atoms with Crippen LogP contribution in [0.1, 0.15) is 24.3 Å². The van der Waals surface area contributed by atoms with Gasteiger partial charge < -0.3 is 18.7 Å². The quantitative estimate of drug-likeness (QED) is 0.0974. The van der Waals surface area contributed by atoms with Crippen LogP contribution in [0.25, 0.3) is 45.1 Å². The summed E-state index contributed by atoms with van der Waals surface area (Å²) in [4.78, 5) is 70.0. The van der Waals surface area contributed by atoms with Crippen molar-refractivity contribution in [3.63, 3.8) is 0 Å². The van der Waals surface area contributed by atoms with Crippen LogP contribution in [0.5, 0.6) is 11.5 Å². The van der Waals surface area contributed by atoms with Gasteiger partial charge >= 0.3 is 0 Å². The maximum atomic E-state index is 14.8. The molecule has 0 unspecified atom stereocenters. The highest BCUT2D eigenvalue weighted by Gasteiger charge is 2.62. The molecule has 296 valence electrons. The number of methoxy groups -OCH3 is 1. The Kier molecular flexibility index (Phi) is 8.34. The third kappa shape index (κ3) is 5.47. The number of para-hydroxylation sites is 4. The minimum atomic E-state index is -0.805. The predicted molar refractivity (Wildman–Crippen MR) is 229 cm³/mol. The van der Waals surface area contributed by atoms with E-state index in [1.165, 1.54) is 16.9 Å². The van der Waals surface area contributed by atoms with Gasteiger partial charge in [-0.3, -0.25) is 29.0 Å². The first-order valence-electron chi connectivity index (χ1n) is 19.6. The van der Waals surface area contributed by atoms with Crippen LogP contribution in [-0.4, -0.2) is 45.8 Å². The normalized spacial score (nSPS) is 23.6. The molecule has 0 spiro atoms. The zero-order valence-electron chi connectivity index (χ0n) is 31.8. The number of fused-ring (bicyclic) bond motifs is 6. The molecule has 12 nitrogen and oxygen atoms in total. The number of ether oxygens (including phenoxy) is 1. The molecule has 6 atom stereocenters. The Balaban J connectivity index is 0.943. The van der Waals surface area contributed by atoms with Crippen molar-refractivity contribution in [2.24, 2.45) is 29.6 Å². The van der Waals surface area contributed by atoms with Crippen molar-refractivity contribution in [2.75, 3.05) is 16.9 Å². The molecule has 2 saturated heterocycles. The smallest absolute Gasteiger partial charge is 0.238 e. The van der Waals surface area contributed by atoms with Gasteiger partial charge in [-0.15, -0.1) is 0 Å². The fraction of sp³-hybridized carbons (Fsp3) is 0.191. The summed E-state index contributed by atoms with van der Waals surface area (Å²) in [5, 5.41) is 10.8. The lowest BCUT2D eigenvalue weighted by molar-refractivity contribution is -0.126. The summed E-state index contributed by atoms with van der Waals surface area (Å²) in [6.45, 7) is 0. The number of imide groups is 2. The van der Waals surface area contributed by atoms with Crippen LogP contribution in [0.4, 0.5) is 11.4 Å². The van der Waals surface area contributed by atoms with E-state index in [2.05, 4.69) is 9.97 Å². The first-order valence-corrected chi connectivity index (χ1v) is 20.7. The van der Waals surface area contributed by atoms with Gasteiger partial charge in [0, 0.05) is 17.0 Å². The summed E-state index contributed by atoms with van der Waals surface area (Å²) in [5.74, 6) is -4.45. The lowest BCUT2D eigenvalue weighted by Gasteiger charge is -2.44. The zero-order valence-corrected chi connectivity index (χ0v) is 34.0. The molecule has 7 aromatic rings. The van der Waals surface area contributed by atoms with Crippen LogP contribution in [0.2, 0.25) is 0 Å². The second-order valence-electron chi connectivity index (χ2n) is 15.7. The van der Waals surface area contributed by atoms with Gasteiger partial charge in [-0.2, -0.15) is 0 Å². The molecule has 3 fully saturated rings. The highest BCUT2D eigenvalue weighted by molar-refractivity contribution is 14.1. The number of benzene rings is 5. The van der Waals surface area contributed by atoms with Gasteiger partial charge in [-0.25, -0.2) is 9.97 Å². The van der Waals surface area contributed by atoms with E-state index in [4.69, 9.17) is 13.6 Å². The molecule has 0 bridgehead atoms. The largest absolute Gasteiger partial charge is 0.504 e. The molecule has 60 heavy (non-hydrogen) atoms. The molecular formula is C47H33IN4O8. The number of halogens is 1. The first-order chi connectivity index (χ1) is 29.2. The topological polar surface area (TPSA) is 156 Å². The number of nitrogens with zero attached hydrogens (tertiary/aromatic N) is 4. The SMILES string of the molecule is COc1cc([C@H]2C3=CC[C@@H]4C(=O)N(c5ccc(-c6nc7ccccc7o6)cc5)C(=O)[C@@H]4[C@@H]3C[C@H]3C(=O)N(c4ccc(-c5nc6ccccc6o5)cc4)C(=O)[C@@H]23)cc(I)c1O. The highest BCUT2D eigenvalue weighted by Crippen LogP contribution is 2.59. The van der Waals surface area contributed by atoms with E-state index in [0.717, 1.165) is 16.6 Å². The third-order valence-electron chi connectivity index (χ3n) is 12.6. The van der Waals surface area contributed by atoms with Crippen molar-refractivity contribution in [2.45, 2.75) is 18.8 Å². The van der Waals surface area contributed by atoms with Crippen LogP contribution in [0.3, 0.4) is 0 Å². The maximum absolute atomic E-state index is 14.8. The average molecular weight is 909 g/mol. The number of phenolic OH excluding ortho intramolecular Hbond substituents is 1. The Labute approximate surface area is 355 Å². The molecule has 11 rings (SSSR count). The summed E-state index contributed by atoms with van der Waals surface area (Å²) < 4.78 is 18.0. The van der Waals surface area contributed by atoms with Crippen molar-refractivity contribution in [3.8, 4) is 34.4 Å². The van der Waals surface area contributed by atoms with Gasteiger partial charge in [0.2, 0.25) is 35.4 Å². The van der Waals surface area contributed by atoms with E-state index in [0.29, 0.717) is 61.0 Å². The minimum absolute atomic E-state index is 0.0349. The summed E-state index contributed by atoms with van der Waals surface area (Å²) in [7, 11) is 1.46. The number of hydrogen-bond acceptors (Lipinski definition) is 10. The van der Waals surface area contributed by atoms with Crippen LogP contribution < -0.4 is 14.5 Å². The molecular weight excluding hydrogens is 875 g/mol. The number of carbonyl (C=O) groups is 4. The highest BCUT2D eigenvalue weighted by atomic mass is 127. The van der Waals surface area contributed by atoms with Crippen molar-refractivity contribution in [1.82, 2.24) is 9.97 Å². The molecule has 4 aliphatic rings. The van der Waals surface area contributed by atoms with Crippen LogP contribution >= 0.6 is 22.6 Å². The molecule has 0 radical (unpaired) electrons. The summed E-state index contributed by atoms with van der Waals surface area (Å²) >= 11 is 2.03. The zero-order chi connectivity index (χ0) is 41.0. The molecule has 13 heteroatoms. The van der Waals surface area contributed by atoms with E-state index in [9.17, 15) is 24.3 Å². The maximum Gasteiger partial charge on any atom is 0.238 e. The van der Waals surface area contributed by atoms with E-state index >= 15 is 0 Å². The summed E-state index contributed by atoms with van der Waals surface area (Å²) in [6.07, 6.45) is 2.51. The van der Waals surface area contributed by atoms with Crippen molar-refractivity contribution < 1.29 is 37.9 Å². The van der Waals surface area contributed by atoms with Crippen LogP contribution in [0.15, 0.2) is 130 Å². The lowest BCUT2D eigenvalue weighted by Crippen LogP contribution is -2.43. The third-order valence-corrected chi connectivity index (χ3v) is 13.4. The number of aromatic hydroxyl groups is 1. The van der Waals surface area contributed by atoms with Gasteiger partial charge in [0.15, 0.2) is 22.7 Å². The van der Waals surface area contributed by atoms with Crippen molar-refractivity contribution in [3.05, 3.63) is 130 Å².